The Labute approximate surface area is 68.9 Å². The standard InChI is InChI=1S/C9H17NO/c1-5-6-7-11-10-8-9(2,3)4/h5,8H,1,6-7H2,2-4H3. The smallest absolute Gasteiger partial charge is 0.120 e. The average molecular weight is 155 g/mol. The summed E-state index contributed by atoms with van der Waals surface area (Å²) in [6.07, 6.45) is 4.46. The lowest BCUT2D eigenvalue weighted by molar-refractivity contribution is 0.148. The summed E-state index contributed by atoms with van der Waals surface area (Å²) < 4.78 is 0. The van der Waals surface area contributed by atoms with Crippen LogP contribution in [-0.2, 0) is 4.84 Å². The molecule has 0 aromatic heterocycles. The van der Waals surface area contributed by atoms with Crippen LogP contribution in [0.25, 0.3) is 0 Å². The third-order valence-corrected chi connectivity index (χ3v) is 0.928. The van der Waals surface area contributed by atoms with Crippen molar-refractivity contribution in [3.63, 3.8) is 0 Å². The van der Waals surface area contributed by atoms with E-state index in [-0.39, 0.29) is 5.41 Å². The van der Waals surface area contributed by atoms with Crippen molar-refractivity contribution in [2.24, 2.45) is 10.6 Å². The zero-order valence-corrected chi connectivity index (χ0v) is 7.63. The molecule has 0 bridgehead atoms. The molecule has 2 heteroatoms. The molecule has 0 fully saturated rings. The molecule has 2 nitrogen and oxygen atoms in total. The summed E-state index contributed by atoms with van der Waals surface area (Å²) in [6.45, 7) is 10.4. The maximum Gasteiger partial charge on any atom is 0.120 e. The molecule has 0 aromatic carbocycles. The molecule has 0 rings (SSSR count). The highest BCUT2D eigenvalue weighted by molar-refractivity contribution is 5.63. The van der Waals surface area contributed by atoms with Crippen molar-refractivity contribution in [2.45, 2.75) is 27.2 Å². The first kappa shape index (κ1) is 10.2. The van der Waals surface area contributed by atoms with Gasteiger partial charge in [0.25, 0.3) is 0 Å². The molecule has 0 N–H and O–H groups in total. The Hall–Kier alpha value is -0.790. The summed E-state index contributed by atoms with van der Waals surface area (Å²) in [5.74, 6) is 0. The predicted molar refractivity (Wildman–Crippen MR) is 48.7 cm³/mol. The number of hydrogen-bond acceptors (Lipinski definition) is 2. The lowest BCUT2D eigenvalue weighted by atomic mass is 10.00. The van der Waals surface area contributed by atoms with Crippen LogP contribution < -0.4 is 0 Å². The van der Waals surface area contributed by atoms with Gasteiger partial charge < -0.3 is 4.84 Å². The second-order valence-corrected chi connectivity index (χ2v) is 3.51. The molecule has 0 aliphatic rings. The van der Waals surface area contributed by atoms with Crippen LogP contribution in [0.2, 0.25) is 0 Å². The molecule has 0 unspecified atom stereocenters. The number of oxime groups is 1. The Kier molecular flexibility index (Phi) is 4.59. The first-order chi connectivity index (χ1) is 5.06. The fourth-order valence-corrected chi connectivity index (χ4v) is 0.384. The van der Waals surface area contributed by atoms with Crippen LogP contribution in [-0.4, -0.2) is 12.8 Å². The van der Waals surface area contributed by atoms with E-state index in [1.807, 2.05) is 6.08 Å². The van der Waals surface area contributed by atoms with Gasteiger partial charge in [0.05, 0.1) is 0 Å². The molecule has 0 radical (unpaired) electrons. The number of rotatable bonds is 4. The summed E-state index contributed by atoms with van der Waals surface area (Å²) in [5.41, 5.74) is 0.105. The molecular formula is C9H17NO. The van der Waals surface area contributed by atoms with E-state index in [1.54, 1.807) is 6.21 Å². The van der Waals surface area contributed by atoms with Crippen molar-refractivity contribution in [1.82, 2.24) is 0 Å². The van der Waals surface area contributed by atoms with Crippen LogP contribution in [0.1, 0.15) is 27.2 Å². The predicted octanol–water partition coefficient (Wildman–Crippen LogP) is 2.61. The zero-order chi connectivity index (χ0) is 8.74. The van der Waals surface area contributed by atoms with Gasteiger partial charge in [-0.25, -0.2) is 0 Å². The quantitative estimate of drug-likeness (QED) is 0.265. The normalized spacial score (nSPS) is 11.9. The maximum absolute atomic E-state index is 4.95. The van der Waals surface area contributed by atoms with E-state index < -0.39 is 0 Å². The molecule has 0 aliphatic carbocycles. The molecule has 64 valence electrons. The summed E-state index contributed by atoms with van der Waals surface area (Å²) >= 11 is 0. The van der Waals surface area contributed by atoms with Gasteiger partial charge in [0, 0.05) is 18.1 Å². The van der Waals surface area contributed by atoms with E-state index >= 15 is 0 Å². The highest BCUT2D eigenvalue weighted by atomic mass is 16.6. The van der Waals surface area contributed by atoms with E-state index in [0.717, 1.165) is 6.42 Å². The molecule has 0 amide bonds. The van der Waals surface area contributed by atoms with Crippen LogP contribution in [0.4, 0.5) is 0 Å². The SMILES string of the molecule is C=CCCON=CC(C)(C)C. The largest absolute Gasteiger partial charge is 0.396 e. The fourth-order valence-electron chi connectivity index (χ4n) is 0.384. The van der Waals surface area contributed by atoms with E-state index in [4.69, 9.17) is 4.84 Å². The molecule has 0 aliphatic heterocycles. The van der Waals surface area contributed by atoms with Gasteiger partial charge in [-0.3, -0.25) is 0 Å². The third kappa shape index (κ3) is 9.21. The molecule has 0 saturated carbocycles. The van der Waals surface area contributed by atoms with Gasteiger partial charge in [-0.2, -0.15) is 0 Å². The fraction of sp³-hybridized carbons (Fsp3) is 0.667. The maximum atomic E-state index is 4.95. The molecule has 0 atom stereocenters. The minimum Gasteiger partial charge on any atom is -0.396 e. The summed E-state index contributed by atoms with van der Waals surface area (Å²) in [4.78, 5) is 4.95. The Balaban J connectivity index is 3.37. The topological polar surface area (TPSA) is 21.6 Å². The van der Waals surface area contributed by atoms with Crippen LogP contribution in [0.3, 0.4) is 0 Å². The second-order valence-electron chi connectivity index (χ2n) is 3.51. The number of nitrogens with zero attached hydrogens (tertiary/aromatic N) is 1. The lowest BCUT2D eigenvalue weighted by Crippen LogP contribution is -2.06. The third-order valence-electron chi connectivity index (χ3n) is 0.928. The second kappa shape index (κ2) is 4.94. The minimum absolute atomic E-state index is 0.105. The van der Waals surface area contributed by atoms with Gasteiger partial charge in [-0.05, 0) is 0 Å². The van der Waals surface area contributed by atoms with E-state index in [2.05, 4.69) is 32.5 Å². The Morgan fingerprint density at radius 1 is 1.45 bits per heavy atom. The van der Waals surface area contributed by atoms with Crippen LogP contribution in [0, 0.1) is 5.41 Å². The van der Waals surface area contributed by atoms with Crippen LogP contribution in [0.5, 0.6) is 0 Å². The van der Waals surface area contributed by atoms with Crippen LogP contribution >= 0.6 is 0 Å². The highest BCUT2D eigenvalue weighted by Gasteiger charge is 2.04. The molecule has 0 saturated heterocycles. The first-order valence-electron chi connectivity index (χ1n) is 3.83. The van der Waals surface area contributed by atoms with Crippen molar-refractivity contribution in [3.8, 4) is 0 Å². The van der Waals surface area contributed by atoms with Gasteiger partial charge in [0.2, 0.25) is 0 Å². The first-order valence-corrected chi connectivity index (χ1v) is 3.83. The highest BCUT2D eigenvalue weighted by Crippen LogP contribution is 2.08. The van der Waals surface area contributed by atoms with E-state index in [1.165, 1.54) is 0 Å². The monoisotopic (exact) mass is 155 g/mol. The van der Waals surface area contributed by atoms with Crippen molar-refractivity contribution in [3.05, 3.63) is 12.7 Å². The molecule has 11 heavy (non-hydrogen) atoms. The Morgan fingerprint density at radius 2 is 2.09 bits per heavy atom. The van der Waals surface area contributed by atoms with Gasteiger partial charge in [0.1, 0.15) is 6.61 Å². The van der Waals surface area contributed by atoms with Gasteiger partial charge in [0.15, 0.2) is 0 Å². The minimum atomic E-state index is 0.105. The summed E-state index contributed by atoms with van der Waals surface area (Å²) in [7, 11) is 0. The summed E-state index contributed by atoms with van der Waals surface area (Å²) in [6, 6.07) is 0. The van der Waals surface area contributed by atoms with Gasteiger partial charge >= 0.3 is 0 Å². The molecular weight excluding hydrogens is 138 g/mol. The number of hydrogen-bond donors (Lipinski definition) is 0. The summed E-state index contributed by atoms with van der Waals surface area (Å²) in [5, 5.41) is 3.81. The molecule has 0 aromatic rings. The van der Waals surface area contributed by atoms with Crippen molar-refractivity contribution in [2.75, 3.05) is 6.61 Å². The van der Waals surface area contributed by atoms with Gasteiger partial charge in [-0.15, -0.1) is 6.58 Å². The van der Waals surface area contributed by atoms with Crippen molar-refractivity contribution >= 4 is 6.21 Å². The molecule has 0 spiro atoms. The average Bonchev–Trinajstić information content (AvgIpc) is 1.85. The van der Waals surface area contributed by atoms with Crippen molar-refractivity contribution in [1.29, 1.82) is 0 Å². The van der Waals surface area contributed by atoms with E-state index in [9.17, 15) is 0 Å². The van der Waals surface area contributed by atoms with E-state index in [0.29, 0.717) is 6.61 Å². The Bertz CT molecular complexity index is 133. The van der Waals surface area contributed by atoms with Crippen LogP contribution in [0.15, 0.2) is 17.8 Å². The van der Waals surface area contributed by atoms with Gasteiger partial charge in [-0.1, -0.05) is 32.0 Å². The lowest BCUT2D eigenvalue weighted by Gasteiger charge is -2.08. The zero-order valence-electron chi connectivity index (χ0n) is 7.63. The molecule has 0 heterocycles. The van der Waals surface area contributed by atoms with Crippen molar-refractivity contribution < 1.29 is 4.84 Å². The Morgan fingerprint density at radius 3 is 2.55 bits per heavy atom.